The number of carboxylic acids is 1. The van der Waals surface area contributed by atoms with Gasteiger partial charge in [-0.1, -0.05) is 0 Å². The summed E-state index contributed by atoms with van der Waals surface area (Å²) in [6.45, 7) is 0.294. The second-order valence-corrected chi connectivity index (χ2v) is 1.59. The van der Waals surface area contributed by atoms with Crippen LogP contribution in [0.25, 0.3) is 0 Å². The van der Waals surface area contributed by atoms with Crippen LogP contribution in [0.2, 0.25) is 0 Å². The number of rotatable bonds is 3. The molecule has 0 bridgehead atoms. The summed E-state index contributed by atoms with van der Waals surface area (Å²) in [6, 6.07) is 0. The van der Waals surface area contributed by atoms with Gasteiger partial charge >= 0.3 is 5.97 Å². The Bertz CT molecular complexity index is 84.1. The molecule has 0 aromatic heterocycles. The number of nitrogens with two attached hydrogens (primary N) is 1. The summed E-state index contributed by atoms with van der Waals surface area (Å²) in [5.41, 5.74) is 5.08. The second kappa shape index (κ2) is 3.40. The van der Waals surface area contributed by atoms with E-state index in [4.69, 9.17) is 10.8 Å². The molecule has 4 heteroatoms. The van der Waals surface area contributed by atoms with Crippen molar-refractivity contribution in [2.45, 2.75) is 0 Å². The van der Waals surface area contributed by atoms with Gasteiger partial charge in [-0.05, 0) is 7.05 Å². The number of likely N-dealkylation sites (N-methyl/N-ethyl adjacent to an activating group) is 1. The summed E-state index contributed by atoms with van der Waals surface area (Å²) >= 11 is 0. The van der Waals surface area contributed by atoms with Crippen molar-refractivity contribution in [3.63, 3.8) is 0 Å². The molecule has 0 fully saturated rings. The van der Waals surface area contributed by atoms with Crippen LogP contribution in [0.1, 0.15) is 0 Å². The monoisotopic (exact) mass is 118 g/mol. The van der Waals surface area contributed by atoms with Gasteiger partial charge in [-0.15, -0.1) is 0 Å². The van der Waals surface area contributed by atoms with E-state index in [-0.39, 0.29) is 13.2 Å². The lowest BCUT2D eigenvalue weighted by molar-refractivity contribution is -0.137. The minimum absolute atomic E-state index is 0.0104. The predicted molar refractivity (Wildman–Crippen MR) is 29.3 cm³/mol. The third kappa shape index (κ3) is 3.58. The fourth-order valence-corrected chi connectivity index (χ4v) is 0.295. The van der Waals surface area contributed by atoms with E-state index in [1.165, 1.54) is 4.90 Å². The Balaban J connectivity index is 3.24. The van der Waals surface area contributed by atoms with E-state index >= 15 is 0 Å². The van der Waals surface area contributed by atoms with Crippen LogP contribution in [-0.4, -0.2) is 36.2 Å². The van der Waals surface area contributed by atoms with Gasteiger partial charge in [0, 0.05) is 6.67 Å². The summed E-state index contributed by atoms with van der Waals surface area (Å²) < 4.78 is 0. The summed E-state index contributed by atoms with van der Waals surface area (Å²) in [5.74, 6) is -0.849. The Hall–Kier alpha value is -0.610. The normalized spacial score (nSPS) is 9.88. The average molecular weight is 118 g/mol. The van der Waals surface area contributed by atoms with Crippen LogP contribution in [0.5, 0.6) is 0 Å². The lowest BCUT2D eigenvalue weighted by Crippen LogP contribution is -2.30. The van der Waals surface area contributed by atoms with Crippen molar-refractivity contribution >= 4 is 5.97 Å². The molecule has 0 atom stereocenters. The number of hydrogen-bond donors (Lipinski definition) is 2. The maximum Gasteiger partial charge on any atom is 0.317 e. The van der Waals surface area contributed by atoms with Crippen LogP contribution in [-0.2, 0) is 4.79 Å². The van der Waals surface area contributed by atoms with Gasteiger partial charge < -0.3 is 10.8 Å². The van der Waals surface area contributed by atoms with Crippen LogP contribution in [0, 0.1) is 0 Å². The number of carboxylic acid groups (broad SMARTS) is 1. The van der Waals surface area contributed by atoms with Gasteiger partial charge in [-0.2, -0.15) is 0 Å². The minimum atomic E-state index is -0.849. The smallest absolute Gasteiger partial charge is 0.317 e. The molecule has 0 radical (unpaired) electrons. The molecule has 0 aromatic carbocycles. The van der Waals surface area contributed by atoms with E-state index < -0.39 is 5.97 Å². The van der Waals surface area contributed by atoms with E-state index in [0.717, 1.165) is 0 Å². The highest BCUT2D eigenvalue weighted by Crippen LogP contribution is 1.73. The number of hydrogen-bond acceptors (Lipinski definition) is 3. The van der Waals surface area contributed by atoms with E-state index in [0.29, 0.717) is 0 Å². The third-order valence-electron chi connectivity index (χ3n) is 0.717. The molecule has 0 aliphatic rings. The highest BCUT2D eigenvalue weighted by molar-refractivity contribution is 5.68. The Morgan fingerprint density at radius 1 is 1.88 bits per heavy atom. The highest BCUT2D eigenvalue weighted by atomic mass is 16.4. The quantitative estimate of drug-likeness (QED) is 0.462. The number of nitrogens with zero attached hydrogens (tertiary/aromatic N) is 1. The van der Waals surface area contributed by atoms with Crippen LogP contribution >= 0.6 is 0 Å². The highest BCUT2D eigenvalue weighted by Gasteiger charge is 1.98. The Morgan fingerprint density at radius 3 is 2.50 bits per heavy atom. The standard InChI is InChI=1S/C4H10N2O2/c1-6(3-5)2-4(7)8/h2-3,5H2,1H3,(H,7,8). The molecule has 0 aromatic rings. The van der Waals surface area contributed by atoms with Gasteiger partial charge in [0.05, 0.1) is 6.54 Å². The molecule has 0 spiro atoms. The maximum absolute atomic E-state index is 9.87. The molecule has 8 heavy (non-hydrogen) atoms. The van der Waals surface area contributed by atoms with Crippen molar-refractivity contribution in [3.05, 3.63) is 0 Å². The maximum atomic E-state index is 9.87. The van der Waals surface area contributed by atoms with Crippen molar-refractivity contribution in [3.8, 4) is 0 Å². The van der Waals surface area contributed by atoms with Crippen LogP contribution < -0.4 is 5.73 Å². The van der Waals surface area contributed by atoms with Gasteiger partial charge in [0.25, 0.3) is 0 Å². The van der Waals surface area contributed by atoms with Gasteiger partial charge in [0.2, 0.25) is 0 Å². The molecule has 0 rings (SSSR count). The first-order chi connectivity index (χ1) is 3.66. The summed E-state index contributed by atoms with van der Waals surface area (Å²) in [4.78, 5) is 11.4. The van der Waals surface area contributed by atoms with Gasteiger partial charge in [0.1, 0.15) is 0 Å². The van der Waals surface area contributed by atoms with Gasteiger partial charge in [-0.3, -0.25) is 9.69 Å². The van der Waals surface area contributed by atoms with Crippen molar-refractivity contribution in [1.29, 1.82) is 0 Å². The van der Waals surface area contributed by atoms with E-state index in [9.17, 15) is 4.79 Å². The molecular formula is C4H10N2O2. The number of aliphatic carboxylic acids is 1. The minimum Gasteiger partial charge on any atom is -0.480 e. The lowest BCUT2D eigenvalue weighted by Gasteiger charge is -2.08. The average Bonchev–Trinajstić information content (AvgIpc) is 1.65. The molecule has 0 saturated carbocycles. The van der Waals surface area contributed by atoms with E-state index in [1.54, 1.807) is 7.05 Å². The summed E-state index contributed by atoms with van der Waals surface area (Å²) in [5, 5.41) is 8.12. The molecule has 48 valence electrons. The fourth-order valence-electron chi connectivity index (χ4n) is 0.295. The molecule has 0 aliphatic carbocycles. The molecule has 0 unspecified atom stereocenters. The molecule has 3 N–H and O–H groups in total. The molecule has 0 heterocycles. The van der Waals surface area contributed by atoms with Crippen LogP contribution in [0.4, 0.5) is 0 Å². The molecule has 0 saturated heterocycles. The van der Waals surface area contributed by atoms with E-state index in [2.05, 4.69) is 0 Å². The Labute approximate surface area is 47.9 Å². The largest absolute Gasteiger partial charge is 0.480 e. The van der Waals surface area contributed by atoms with Crippen molar-refractivity contribution in [2.75, 3.05) is 20.3 Å². The zero-order valence-corrected chi connectivity index (χ0v) is 4.79. The van der Waals surface area contributed by atoms with Crippen molar-refractivity contribution in [1.82, 2.24) is 4.90 Å². The van der Waals surface area contributed by atoms with Crippen LogP contribution in [0.3, 0.4) is 0 Å². The topological polar surface area (TPSA) is 66.6 Å². The van der Waals surface area contributed by atoms with Gasteiger partial charge in [-0.25, -0.2) is 0 Å². The third-order valence-corrected chi connectivity index (χ3v) is 0.717. The summed E-state index contributed by atoms with van der Waals surface area (Å²) in [6.07, 6.45) is 0. The zero-order valence-electron chi connectivity index (χ0n) is 4.79. The van der Waals surface area contributed by atoms with Crippen LogP contribution in [0.15, 0.2) is 0 Å². The predicted octanol–water partition coefficient (Wildman–Crippen LogP) is -1.08. The van der Waals surface area contributed by atoms with E-state index in [1.807, 2.05) is 0 Å². The molecular weight excluding hydrogens is 108 g/mol. The fraction of sp³-hybridized carbons (Fsp3) is 0.750. The summed E-state index contributed by atoms with van der Waals surface area (Å²) in [7, 11) is 1.65. The lowest BCUT2D eigenvalue weighted by atomic mass is 10.6. The first-order valence-corrected chi connectivity index (χ1v) is 2.27. The van der Waals surface area contributed by atoms with Gasteiger partial charge in [0.15, 0.2) is 0 Å². The first kappa shape index (κ1) is 7.39. The van der Waals surface area contributed by atoms with Crippen molar-refractivity contribution in [2.24, 2.45) is 5.73 Å². The first-order valence-electron chi connectivity index (χ1n) is 2.27. The Kier molecular flexibility index (Phi) is 3.14. The van der Waals surface area contributed by atoms with Crippen molar-refractivity contribution < 1.29 is 9.90 Å². The Morgan fingerprint density at radius 2 is 2.38 bits per heavy atom. The second-order valence-electron chi connectivity index (χ2n) is 1.59. The SMILES string of the molecule is CN(CN)CC(=O)O. The molecule has 4 nitrogen and oxygen atoms in total. The molecule has 0 amide bonds. The zero-order chi connectivity index (χ0) is 6.57. The number of carbonyl (C=O) groups is 1. The molecule has 0 aliphatic heterocycles.